The van der Waals surface area contributed by atoms with Gasteiger partial charge in [0.1, 0.15) is 12.5 Å². The standard InChI is InChI=1S/C31H39NO6/c1-36-29-18-21-11-14-25(33)19-26(34)15-12-22-13-16-28(35)31(37-2)27(22)10-6-7-23(17-21)30(29)38-20-32-24-8-4-3-5-9-24/h13,16-18,24-25,32-33,35H,3-5,7-9,11-12,14-15,19-20H2,1-2H3/t25-/m1/s1. The number of benzene rings is 2. The minimum atomic E-state index is -0.720. The van der Waals surface area contributed by atoms with Gasteiger partial charge in [-0.2, -0.15) is 0 Å². The van der Waals surface area contributed by atoms with Gasteiger partial charge in [-0.05, 0) is 55.4 Å². The predicted molar refractivity (Wildman–Crippen MR) is 146 cm³/mol. The summed E-state index contributed by atoms with van der Waals surface area (Å²) in [5, 5.41) is 24.4. The van der Waals surface area contributed by atoms with Crippen LogP contribution in [0.4, 0.5) is 0 Å². The number of carbonyl (C=O) groups is 1. The van der Waals surface area contributed by atoms with Gasteiger partial charge in [0.05, 0.1) is 25.9 Å². The Morgan fingerprint density at radius 1 is 0.974 bits per heavy atom. The van der Waals surface area contributed by atoms with Crippen LogP contribution in [-0.4, -0.2) is 49.1 Å². The van der Waals surface area contributed by atoms with E-state index in [1.165, 1.54) is 26.4 Å². The Kier molecular flexibility index (Phi) is 9.91. The molecule has 0 aliphatic heterocycles. The van der Waals surface area contributed by atoms with E-state index in [1.807, 2.05) is 12.1 Å². The molecule has 204 valence electrons. The molecule has 7 nitrogen and oxygen atoms in total. The number of aliphatic hydroxyl groups excluding tert-OH is 1. The lowest BCUT2D eigenvalue weighted by atomic mass is 9.96. The number of rotatable bonds is 6. The highest BCUT2D eigenvalue weighted by molar-refractivity contribution is 5.79. The number of aliphatic hydroxyl groups is 1. The van der Waals surface area contributed by atoms with Crippen molar-refractivity contribution in [3.63, 3.8) is 0 Å². The van der Waals surface area contributed by atoms with Crippen molar-refractivity contribution in [2.24, 2.45) is 0 Å². The number of phenolic OH excluding ortho intramolecular Hbond substituents is 1. The lowest BCUT2D eigenvalue weighted by Crippen LogP contribution is -2.34. The number of ketones is 1. The van der Waals surface area contributed by atoms with Crippen molar-refractivity contribution in [1.82, 2.24) is 5.32 Å². The highest BCUT2D eigenvalue weighted by atomic mass is 16.5. The smallest absolute Gasteiger partial charge is 0.176 e. The van der Waals surface area contributed by atoms with Crippen molar-refractivity contribution in [2.75, 3.05) is 21.0 Å². The molecule has 0 unspecified atom stereocenters. The first-order valence-corrected chi connectivity index (χ1v) is 13.6. The molecule has 0 amide bonds. The molecule has 7 heteroatoms. The summed E-state index contributed by atoms with van der Waals surface area (Å²) >= 11 is 0. The molecule has 2 aliphatic carbocycles. The second kappa shape index (κ2) is 13.5. The Balaban J connectivity index is 1.67. The summed E-state index contributed by atoms with van der Waals surface area (Å²) in [7, 11) is 3.11. The predicted octanol–water partition coefficient (Wildman–Crippen LogP) is 4.46. The lowest BCUT2D eigenvalue weighted by Gasteiger charge is -2.24. The number of hydrogen-bond acceptors (Lipinski definition) is 7. The number of Topliss-reactive ketones (excluding diaryl/α,β-unsaturated/α-hetero) is 1. The zero-order chi connectivity index (χ0) is 26.9. The first kappa shape index (κ1) is 27.8. The molecule has 2 aliphatic rings. The molecule has 38 heavy (non-hydrogen) atoms. The number of nitrogens with one attached hydrogen (secondary N) is 1. The number of carbonyl (C=O) groups excluding carboxylic acids is 1. The Bertz CT molecular complexity index is 1180. The summed E-state index contributed by atoms with van der Waals surface area (Å²) in [5.41, 5.74) is 3.27. The molecule has 0 heterocycles. The molecule has 2 aromatic rings. The van der Waals surface area contributed by atoms with Gasteiger partial charge in [-0.1, -0.05) is 43.2 Å². The van der Waals surface area contributed by atoms with Crippen molar-refractivity contribution in [1.29, 1.82) is 0 Å². The molecule has 4 rings (SSSR count). The van der Waals surface area contributed by atoms with Crippen LogP contribution in [0.25, 0.3) is 0 Å². The number of ether oxygens (including phenoxy) is 3. The second-order valence-corrected chi connectivity index (χ2v) is 10.2. The highest BCUT2D eigenvalue weighted by Gasteiger charge is 2.19. The number of fused-ring (bicyclic) bond motifs is 3. The van der Waals surface area contributed by atoms with Crippen LogP contribution in [0.5, 0.6) is 23.0 Å². The fourth-order valence-electron chi connectivity index (χ4n) is 5.32. The van der Waals surface area contributed by atoms with Gasteiger partial charge in [0.2, 0.25) is 0 Å². The molecule has 0 aromatic heterocycles. The summed E-state index contributed by atoms with van der Waals surface area (Å²) in [6.45, 7) is 0.381. The average molecular weight is 522 g/mol. The van der Waals surface area contributed by atoms with E-state index in [1.54, 1.807) is 19.2 Å². The van der Waals surface area contributed by atoms with Crippen LogP contribution >= 0.6 is 0 Å². The molecule has 2 aromatic carbocycles. The summed E-state index contributed by atoms with van der Waals surface area (Å²) in [6, 6.07) is 7.79. The van der Waals surface area contributed by atoms with Crippen LogP contribution in [0.2, 0.25) is 0 Å². The minimum absolute atomic E-state index is 0.00157. The third-order valence-electron chi connectivity index (χ3n) is 7.43. The molecule has 1 saturated carbocycles. The van der Waals surface area contributed by atoms with Crippen LogP contribution in [0.15, 0.2) is 24.3 Å². The molecule has 1 atom stereocenters. The van der Waals surface area contributed by atoms with Gasteiger partial charge in [-0.3, -0.25) is 10.1 Å². The SMILES string of the molecule is COc1cc2cc(c1OCNC1CCCCC1)CC#Cc1c(ccc(O)c1OC)CCC(=O)C[C@H](O)CC2. The van der Waals surface area contributed by atoms with E-state index in [0.29, 0.717) is 61.3 Å². The third-order valence-corrected chi connectivity index (χ3v) is 7.43. The zero-order valence-electron chi connectivity index (χ0n) is 22.5. The van der Waals surface area contributed by atoms with Crippen molar-refractivity contribution in [3.05, 3.63) is 46.5 Å². The quantitative estimate of drug-likeness (QED) is 0.381. The normalized spacial score (nSPS) is 18.8. The molecule has 3 N–H and O–H groups in total. The average Bonchev–Trinajstić information content (AvgIpc) is 2.92. The van der Waals surface area contributed by atoms with Gasteiger partial charge >= 0.3 is 0 Å². The molecule has 1 fully saturated rings. The molecular formula is C31H39NO6. The Morgan fingerprint density at radius 2 is 1.79 bits per heavy atom. The van der Waals surface area contributed by atoms with E-state index in [-0.39, 0.29) is 24.4 Å². The van der Waals surface area contributed by atoms with Gasteiger partial charge in [0.25, 0.3) is 0 Å². The summed E-state index contributed by atoms with van der Waals surface area (Å²) in [4.78, 5) is 12.6. The second-order valence-electron chi connectivity index (χ2n) is 10.2. The van der Waals surface area contributed by atoms with Crippen molar-refractivity contribution < 1.29 is 29.2 Å². The van der Waals surface area contributed by atoms with Gasteiger partial charge in [0.15, 0.2) is 23.0 Å². The first-order valence-electron chi connectivity index (χ1n) is 13.6. The summed E-state index contributed by atoms with van der Waals surface area (Å²) < 4.78 is 17.4. The van der Waals surface area contributed by atoms with Crippen molar-refractivity contribution in [3.8, 4) is 34.8 Å². The van der Waals surface area contributed by atoms with Crippen LogP contribution in [0.3, 0.4) is 0 Å². The Labute approximate surface area is 225 Å². The van der Waals surface area contributed by atoms with E-state index in [0.717, 1.165) is 29.5 Å². The third kappa shape index (κ3) is 7.21. The largest absolute Gasteiger partial charge is 0.504 e. The number of phenols is 1. The number of hydrogen-bond donors (Lipinski definition) is 3. The topological polar surface area (TPSA) is 97.3 Å². The first-order chi connectivity index (χ1) is 18.5. The van der Waals surface area contributed by atoms with Crippen molar-refractivity contribution in [2.45, 2.75) is 82.8 Å². The van der Waals surface area contributed by atoms with Crippen LogP contribution in [0, 0.1) is 11.8 Å². The van der Waals surface area contributed by atoms with E-state index < -0.39 is 6.10 Å². The number of aryl methyl sites for hydroxylation is 2. The maximum atomic E-state index is 12.6. The Hall–Kier alpha value is -3.21. The van der Waals surface area contributed by atoms with E-state index >= 15 is 0 Å². The summed E-state index contributed by atoms with van der Waals surface area (Å²) in [5.74, 6) is 7.99. The van der Waals surface area contributed by atoms with E-state index in [4.69, 9.17) is 14.2 Å². The molecule has 0 radical (unpaired) electrons. The number of methoxy groups -OCH3 is 2. The fourth-order valence-corrected chi connectivity index (χ4v) is 5.32. The molecule has 0 spiro atoms. The van der Waals surface area contributed by atoms with Crippen molar-refractivity contribution >= 4 is 5.78 Å². The monoisotopic (exact) mass is 521 g/mol. The van der Waals surface area contributed by atoms with Gasteiger partial charge < -0.3 is 24.4 Å². The van der Waals surface area contributed by atoms with E-state index in [2.05, 4.69) is 17.2 Å². The maximum Gasteiger partial charge on any atom is 0.176 e. The number of aromatic hydroxyl groups is 1. The van der Waals surface area contributed by atoms with Crippen LogP contribution in [-0.2, 0) is 24.1 Å². The van der Waals surface area contributed by atoms with Gasteiger partial charge in [0, 0.05) is 30.9 Å². The highest BCUT2D eigenvalue weighted by Crippen LogP contribution is 2.35. The van der Waals surface area contributed by atoms with E-state index in [9.17, 15) is 15.0 Å². The maximum absolute atomic E-state index is 12.6. The minimum Gasteiger partial charge on any atom is -0.504 e. The van der Waals surface area contributed by atoms with Gasteiger partial charge in [-0.15, -0.1) is 0 Å². The Morgan fingerprint density at radius 3 is 2.55 bits per heavy atom. The molecular weight excluding hydrogens is 482 g/mol. The fraction of sp³-hybridized carbons (Fsp3) is 0.516. The zero-order valence-corrected chi connectivity index (χ0v) is 22.5. The lowest BCUT2D eigenvalue weighted by molar-refractivity contribution is -0.121. The van der Waals surface area contributed by atoms with Gasteiger partial charge in [-0.25, -0.2) is 0 Å². The van der Waals surface area contributed by atoms with Crippen LogP contribution < -0.4 is 19.5 Å². The molecule has 0 saturated heterocycles. The van der Waals surface area contributed by atoms with Crippen LogP contribution in [0.1, 0.15) is 73.6 Å². The summed E-state index contributed by atoms with van der Waals surface area (Å²) in [6.07, 6.45) is 7.71. The molecule has 2 bridgehead atoms.